The van der Waals surface area contributed by atoms with E-state index in [1.54, 1.807) is 14.0 Å². The highest BCUT2D eigenvalue weighted by Gasteiger charge is 2.16. The Hall–Kier alpha value is -2.96. The van der Waals surface area contributed by atoms with Gasteiger partial charge in [-0.3, -0.25) is 13.9 Å². The van der Waals surface area contributed by atoms with Gasteiger partial charge >= 0.3 is 5.69 Å². The zero-order valence-corrected chi connectivity index (χ0v) is 14.5. The zero-order valence-electron chi connectivity index (χ0n) is 14.5. The molecule has 0 radical (unpaired) electrons. The maximum atomic E-state index is 13.8. The molecule has 1 atom stereocenters. The van der Waals surface area contributed by atoms with Crippen LogP contribution in [0.3, 0.4) is 0 Å². The topological polar surface area (TPSA) is 56.0 Å². The van der Waals surface area contributed by atoms with E-state index in [9.17, 15) is 18.4 Å². The molecule has 0 spiro atoms. The molecule has 0 bridgehead atoms. The van der Waals surface area contributed by atoms with E-state index in [-0.39, 0.29) is 30.1 Å². The van der Waals surface area contributed by atoms with E-state index < -0.39 is 17.7 Å². The molecular formula is C19H19F2N3O2. The van der Waals surface area contributed by atoms with Crippen molar-refractivity contribution in [3.63, 3.8) is 0 Å². The van der Waals surface area contributed by atoms with E-state index >= 15 is 0 Å². The molecule has 3 aromatic rings. The lowest BCUT2D eigenvalue weighted by Gasteiger charge is -2.15. The summed E-state index contributed by atoms with van der Waals surface area (Å²) in [5.74, 6) is -1.49. The number of imidazole rings is 1. The molecular weight excluding hydrogens is 340 g/mol. The molecule has 1 aromatic heterocycles. The monoisotopic (exact) mass is 359 g/mol. The Bertz CT molecular complexity index is 1020. The van der Waals surface area contributed by atoms with Gasteiger partial charge in [0.15, 0.2) is 0 Å². The number of para-hydroxylation sites is 2. The first-order valence-corrected chi connectivity index (χ1v) is 8.27. The van der Waals surface area contributed by atoms with Crippen molar-refractivity contribution in [3.8, 4) is 0 Å². The van der Waals surface area contributed by atoms with Gasteiger partial charge in [-0.05, 0) is 37.3 Å². The Labute approximate surface area is 148 Å². The van der Waals surface area contributed by atoms with Crippen LogP contribution < -0.4 is 11.0 Å². The summed E-state index contributed by atoms with van der Waals surface area (Å²) >= 11 is 0. The summed E-state index contributed by atoms with van der Waals surface area (Å²) < 4.78 is 30.1. The molecule has 136 valence electrons. The second-order valence-corrected chi connectivity index (χ2v) is 6.19. The summed E-state index contributed by atoms with van der Waals surface area (Å²) in [4.78, 5) is 24.5. The number of rotatable bonds is 5. The van der Waals surface area contributed by atoms with Crippen LogP contribution >= 0.6 is 0 Å². The number of aromatic nitrogens is 2. The fraction of sp³-hybridized carbons (Fsp3) is 0.263. The van der Waals surface area contributed by atoms with Crippen LogP contribution in [0.15, 0.2) is 47.3 Å². The highest BCUT2D eigenvalue weighted by atomic mass is 19.1. The Balaban J connectivity index is 1.71. The van der Waals surface area contributed by atoms with Crippen LogP contribution in [0.5, 0.6) is 0 Å². The zero-order chi connectivity index (χ0) is 18.8. The lowest BCUT2D eigenvalue weighted by atomic mass is 10.1. The molecule has 7 heteroatoms. The predicted molar refractivity (Wildman–Crippen MR) is 94.7 cm³/mol. The van der Waals surface area contributed by atoms with Crippen LogP contribution in [0, 0.1) is 11.6 Å². The molecule has 2 aromatic carbocycles. The minimum absolute atomic E-state index is 0.0508. The number of fused-ring (bicyclic) bond motifs is 1. The number of nitrogens with zero attached hydrogens (tertiary/aromatic N) is 2. The third kappa shape index (κ3) is 3.37. The van der Waals surface area contributed by atoms with Gasteiger partial charge in [0.2, 0.25) is 5.91 Å². The minimum Gasteiger partial charge on any atom is -0.349 e. The van der Waals surface area contributed by atoms with Crippen molar-refractivity contribution in [3.05, 3.63) is 70.1 Å². The number of amides is 1. The summed E-state index contributed by atoms with van der Waals surface area (Å²) in [5.41, 5.74) is 1.41. The predicted octanol–water partition coefficient (Wildman–Crippen LogP) is 2.89. The van der Waals surface area contributed by atoms with E-state index in [1.807, 2.05) is 24.3 Å². The van der Waals surface area contributed by atoms with Crippen molar-refractivity contribution in [1.82, 2.24) is 14.5 Å². The quantitative estimate of drug-likeness (QED) is 0.762. The van der Waals surface area contributed by atoms with Crippen LogP contribution in [0.4, 0.5) is 8.78 Å². The molecule has 0 saturated heterocycles. The van der Waals surface area contributed by atoms with Gasteiger partial charge in [-0.15, -0.1) is 0 Å². The fourth-order valence-corrected chi connectivity index (χ4v) is 3.03. The van der Waals surface area contributed by atoms with Gasteiger partial charge in [-0.1, -0.05) is 12.1 Å². The molecule has 0 saturated carbocycles. The lowest BCUT2D eigenvalue weighted by molar-refractivity contribution is -0.121. The highest BCUT2D eigenvalue weighted by molar-refractivity contribution is 5.78. The lowest BCUT2D eigenvalue weighted by Crippen LogP contribution is -2.30. The minimum atomic E-state index is -0.678. The number of benzene rings is 2. The van der Waals surface area contributed by atoms with Crippen LogP contribution in [0.25, 0.3) is 11.0 Å². The second kappa shape index (κ2) is 7.11. The van der Waals surface area contributed by atoms with E-state index in [0.717, 1.165) is 29.2 Å². The van der Waals surface area contributed by atoms with E-state index in [1.165, 1.54) is 9.13 Å². The molecule has 1 heterocycles. The fourth-order valence-electron chi connectivity index (χ4n) is 3.03. The Morgan fingerprint density at radius 1 is 1.15 bits per heavy atom. The number of carbonyl (C=O) groups excluding carboxylic acids is 1. The van der Waals surface area contributed by atoms with Crippen molar-refractivity contribution in [2.45, 2.75) is 25.9 Å². The van der Waals surface area contributed by atoms with Crippen molar-refractivity contribution in [2.75, 3.05) is 0 Å². The highest BCUT2D eigenvalue weighted by Crippen LogP contribution is 2.18. The third-order valence-electron chi connectivity index (χ3n) is 4.42. The van der Waals surface area contributed by atoms with Crippen LogP contribution in [0.1, 0.15) is 24.9 Å². The molecule has 0 fully saturated rings. The average Bonchev–Trinajstić information content (AvgIpc) is 2.86. The number of hydrogen-bond donors (Lipinski definition) is 1. The number of nitrogens with one attached hydrogen (secondary N) is 1. The first kappa shape index (κ1) is 17.8. The first-order chi connectivity index (χ1) is 12.4. The summed E-state index contributed by atoms with van der Waals surface area (Å²) in [5, 5.41) is 2.64. The van der Waals surface area contributed by atoms with Gasteiger partial charge < -0.3 is 5.32 Å². The van der Waals surface area contributed by atoms with Gasteiger partial charge in [-0.25, -0.2) is 13.6 Å². The molecule has 0 aliphatic carbocycles. The Morgan fingerprint density at radius 3 is 2.58 bits per heavy atom. The van der Waals surface area contributed by atoms with Crippen LogP contribution in [-0.4, -0.2) is 15.0 Å². The Kier molecular flexibility index (Phi) is 4.88. The Morgan fingerprint density at radius 2 is 1.85 bits per heavy atom. The summed E-state index contributed by atoms with van der Waals surface area (Å²) in [6, 6.07) is 9.77. The van der Waals surface area contributed by atoms with E-state index in [4.69, 9.17) is 0 Å². The molecule has 5 nitrogen and oxygen atoms in total. The van der Waals surface area contributed by atoms with Gasteiger partial charge in [0.05, 0.1) is 17.1 Å². The molecule has 1 unspecified atom stereocenters. The van der Waals surface area contributed by atoms with Gasteiger partial charge in [0, 0.05) is 25.6 Å². The number of carbonyl (C=O) groups is 1. The van der Waals surface area contributed by atoms with Gasteiger partial charge in [0.25, 0.3) is 0 Å². The van der Waals surface area contributed by atoms with E-state index in [2.05, 4.69) is 5.32 Å². The molecule has 0 aliphatic rings. The molecule has 1 N–H and O–H groups in total. The van der Waals surface area contributed by atoms with Crippen LogP contribution in [0.2, 0.25) is 0 Å². The van der Waals surface area contributed by atoms with Crippen molar-refractivity contribution in [2.24, 2.45) is 7.05 Å². The van der Waals surface area contributed by atoms with Gasteiger partial charge in [-0.2, -0.15) is 0 Å². The normalized spacial score (nSPS) is 12.3. The number of hydrogen-bond acceptors (Lipinski definition) is 2. The van der Waals surface area contributed by atoms with E-state index in [0.29, 0.717) is 0 Å². The number of halogens is 2. The molecule has 26 heavy (non-hydrogen) atoms. The SMILES string of the molecule is CC(NC(=O)CCn1c(=O)n(C)c2ccccc21)c1cc(F)ccc1F. The summed E-state index contributed by atoms with van der Waals surface area (Å²) in [6.07, 6.45) is 0.0508. The molecule has 0 aliphatic heterocycles. The second-order valence-electron chi connectivity index (χ2n) is 6.19. The maximum absolute atomic E-state index is 13.8. The van der Waals surface area contributed by atoms with Gasteiger partial charge in [0.1, 0.15) is 11.6 Å². The summed E-state index contributed by atoms with van der Waals surface area (Å²) in [6.45, 7) is 1.78. The van der Waals surface area contributed by atoms with Crippen molar-refractivity contribution < 1.29 is 13.6 Å². The van der Waals surface area contributed by atoms with Crippen LogP contribution in [-0.2, 0) is 18.4 Å². The first-order valence-electron chi connectivity index (χ1n) is 8.27. The summed E-state index contributed by atoms with van der Waals surface area (Å²) in [7, 11) is 1.68. The van der Waals surface area contributed by atoms with Crippen molar-refractivity contribution in [1.29, 1.82) is 0 Å². The standard InChI is InChI=1S/C19H19F2N3O2/c1-12(14-11-13(20)7-8-15(14)21)22-18(25)9-10-24-17-6-4-3-5-16(17)23(2)19(24)26/h3-8,11-12H,9-10H2,1-2H3,(H,22,25). The largest absolute Gasteiger partial charge is 0.349 e. The third-order valence-corrected chi connectivity index (χ3v) is 4.42. The smallest absolute Gasteiger partial charge is 0.328 e. The number of aryl methyl sites for hydroxylation is 2. The van der Waals surface area contributed by atoms with Crippen molar-refractivity contribution >= 4 is 16.9 Å². The maximum Gasteiger partial charge on any atom is 0.328 e. The molecule has 3 rings (SSSR count). The average molecular weight is 359 g/mol. The molecule has 1 amide bonds.